The molecule has 1 saturated heterocycles. The molecule has 1 N–H and O–H groups in total. The van der Waals surface area contributed by atoms with E-state index in [2.05, 4.69) is 4.90 Å². The molecule has 28 heavy (non-hydrogen) atoms. The number of anilines is 1. The van der Waals surface area contributed by atoms with Crippen LogP contribution in [0.4, 0.5) is 10.5 Å². The van der Waals surface area contributed by atoms with E-state index in [-0.39, 0.29) is 9.92 Å². The number of aromatic nitrogens is 1. The Kier molecular flexibility index (Phi) is 4.50. The summed E-state index contributed by atoms with van der Waals surface area (Å²) in [6, 6.07) is 15.9. The second-order valence-corrected chi connectivity index (χ2v) is 8.73. The summed E-state index contributed by atoms with van der Waals surface area (Å²) in [7, 11) is -1.88. The first-order valence-electron chi connectivity index (χ1n) is 9.01. The zero-order chi connectivity index (χ0) is 19.9. The molecule has 0 radical (unpaired) electrons. The number of carboxylic acid groups (broad SMARTS) is 1. The normalized spacial score (nSPS) is 15.2. The number of hydrogen-bond acceptors (Lipinski definition) is 4. The van der Waals surface area contributed by atoms with Crippen LogP contribution in [0.5, 0.6) is 0 Å². The zero-order valence-corrected chi connectivity index (χ0v) is 16.3. The average molecular weight is 399 g/mol. The molecule has 1 aromatic heterocycles. The lowest BCUT2D eigenvalue weighted by molar-refractivity contribution is 0.142. The number of aryl methyl sites for hydroxylation is 1. The van der Waals surface area contributed by atoms with Crippen LogP contribution in [-0.2, 0) is 16.9 Å². The number of fused-ring (bicyclic) bond motifs is 1. The number of para-hydroxylation sites is 1. The van der Waals surface area contributed by atoms with Gasteiger partial charge in [-0.15, -0.1) is 0 Å². The largest absolute Gasteiger partial charge is 0.465 e. The second kappa shape index (κ2) is 6.87. The third-order valence-electron chi connectivity index (χ3n) is 5.21. The molecule has 0 unspecified atom stereocenters. The van der Waals surface area contributed by atoms with Crippen LogP contribution in [0.15, 0.2) is 64.5 Å². The lowest BCUT2D eigenvalue weighted by Crippen LogP contribution is -2.48. The fourth-order valence-corrected chi connectivity index (χ4v) is 5.23. The summed E-state index contributed by atoms with van der Waals surface area (Å²) in [4.78, 5) is 14.9. The van der Waals surface area contributed by atoms with E-state index in [1.54, 1.807) is 48.0 Å². The zero-order valence-electron chi connectivity index (χ0n) is 15.4. The molecule has 4 rings (SSSR count). The number of hydrogen-bond donors (Lipinski definition) is 1. The summed E-state index contributed by atoms with van der Waals surface area (Å²) in [6.45, 7) is 1.98. The lowest BCUT2D eigenvalue weighted by Gasteiger charge is -2.35. The van der Waals surface area contributed by atoms with Crippen molar-refractivity contribution >= 4 is 32.5 Å². The highest BCUT2D eigenvalue weighted by atomic mass is 32.2. The van der Waals surface area contributed by atoms with Crippen LogP contribution < -0.4 is 4.90 Å². The summed E-state index contributed by atoms with van der Waals surface area (Å²) < 4.78 is 28.0. The summed E-state index contributed by atoms with van der Waals surface area (Å²) in [5.74, 6) is 0. The molecular weight excluding hydrogens is 378 g/mol. The molecule has 3 aromatic rings. The number of carbonyl (C=O) groups is 1. The van der Waals surface area contributed by atoms with Crippen LogP contribution in [0.25, 0.3) is 10.9 Å². The molecule has 1 fully saturated rings. The minimum atomic E-state index is -3.64. The summed E-state index contributed by atoms with van der Waals surface area (Å²) >= 11 is 0. The Balaban J connectivity index is 1.77. The van der Waals surface area contributed by atoms with Gasteiger partial charge in [0.2, 0.25) is 9.84 Å². The Labute approximate surface area is 163 Å². The van der Waals surface area contributed by atoms with Gasteiger partial charge in [0.25, 0.3) is 0 Å². The standard InChI is InChI=1S/C20H21N3O4S/c1-21-18(28(26,27)16-7-3-2-4-8-16)14-15-6-5-9-17(19(15)21)22-10-12-23(13-11-22)20(24)25/h2-9,14H,10-13H2,1H3,(H,24,25). The molecule has 8 heteroatoms. The van der Waals surface area contributed by atoms with Crippen LogP contribution in [0.2, 0.25) is 0 Å². The molecule has 0 aliphatic carbocycles. The van der Waals surface area contributed by atoms with Gasteiger partial charge in [0.05, 0.1) is 16.1 Å². The summed E-state index contributed by atoms with van der Waals surface area (Å²) in [5.41, 5.74) is 1.75. The molecule has 1 aliphatic heterocycles. The van der Waals surface area contributed by atoms with Crippen molar-refractivity contribution in [1.29, 1.82) is 0 Å². The maximum atomic E-state index is 13.1. The smallest absolute Gasteiger partial charge is 0.407 e. The highest BCUT2D eigenvalue weighted by molar-refractivity contribution is 7.91. The first-order chi connectivity index (χ1) is 13.4. The average Bonchev–Trinajstić information content (AvgIpc) is 3.06. The maximum absolute atomic E-state index is 13.1. The molecule has 0 atom stereocenters. The number of rotatable bonds is 3. The molecule has 2 heterocycles. The van der Waals surface area contributed by atoms with Crippen molar-refractivity contribution in [3.8, 4) is 0 Å². The van der Waals surface area contributed by atoms with Crippen LogP contribution in [0.3, 0.4) is 0 Å². The molecule has 1 amide bonds. The number of benzene rings is 2. The van der Waals surface area contributed by atoms with E-state index in [4.69, 9.17) is 5.11 Å². The number of piperazine rings is 1. The quantitative estimate of drug-likeness (QED) is 0.732. The fourth-order valence-electron chi connectivity index (χ4n) is 3.74. The number of amides is 1. The Morgan fingerprint density at radius 2 is 1.64 bits per heavy atom. The Morgan fingerprint density at radius 1 is 0.964 bits per heavy atom. The lowest BCUT2D eigenvalue weighted by atomic mass is 10.2. The number of sulfone groups is 1. The third kappa shape index (κ3) is 2.99. The maximum Gasteiger partial charge on any atom is 0.407 e. The van der Waals surface area contributed by atoms with Crippen molar-refractivity contribution in [2.24, 2.45) is 7.05 Å². The van der Waals surface area contributed by atoms with Crippen molar-refractivity contribution < 1.29 is 18.3 Å². The topological polar surface area (TPSA) is 82.9 Å². The van der Waals surface area contributed by atoms with Crippen molar-refractivity contribution in [3.05, 3.63) is 54.6 Å². The molecule has 1 aliphatic rings. The molecule has 0 bridgehead atoms. The van der Waals surface area contributed by atoms with E-state index in [1.165, 1.54) is 4.90 Å². The summed E-state index contributed by atoms with van der Waals surface area (Å²) in [6.07, 6.45) is -0.909. The monoisotopic (exact) mass is 399 g/mol. The Hall–Kier alpha value is -3.00. The number of nitrogens with zero attached hydrogens (tertiary/aromatic N) is 3. The summed E-state index contributed by atoms with van der Waals surface area (Å²) in [5, 5.41) is 10.2. The van der Waals surface area contributed by atoms with Crippen LogP contribution in [0, 0.1) is 0 Å². The minimum Gasteiger partial charge on any atom is -0.465 e. The van der Waals surface area contributed by atoms with E-state index < -0.39 is 15.9 Å². The molecule has 146 valence electrons. The van der Waals surface area contributed by atoms with E-state index >= 15 is 0 Å². The predicted molar refractivity (Wildman–Crippen MR) is 107 cm³/mol. The van der Waals surface area contributed by atoms with Gasteiger partial charge >= 0.3 is 6.09 Å². The highest BCUT2D eigenvalue weighted by Crippen LogP contribution is 2.33. The Morgan fingerprint density at radius 3 is 2.29 bits per heavy atom. The Bertz CT molecular complexity index is 1130. The van der Waals surface area contributed by atoms with Crippen LogP contribution in [0.1, 0.15) is 0 Å². The van der Waals surface area contributed by atoms with Gasteiger partial charge < -0.3 is 19.5 Å². The van der Waals surface area contributed by atoms with Crippen molar-refractivity contribution in [3.63, 3.8) is 0 Å². The third-order valence-corrected chi connectivity index (χ3v) is 7.05. The second-order valence-electron chi connectivity index (χ2n) is 6.83. The minimum absolute atomic E-state index is 0.241. The van der Waals surface area contributed by atoms with Gasteiger partial charge in [-0.3, -0.25) is 0 Å². The van der Waals surface area contributed by atoms with Gasteiger partial charge in [0, 0.05) is 38.6 Å². The first-order valence-corrected chi connectivity index (χ1v) is 10.5. The fraction of sp³-hybridized carbons (Fsp3) is 0.250. The van der Waals surface area contributed by atoms with E-state index in [0.717, 1.165) is 16.6 Å². The van der Waals surface area contributed by atoms with E-state index in [9.17, 15) is 13.2 Å². The SMILES string of the molecule is Cn1c(S(=O)(=O)c2ccccc2)cc2cccc(N3CCN(C(=O)O)CC3)c21. The van der Waals surface area contributed by atoms with Gasteiger partial charge in [-0.2, -0.15) is 0 Å². The van der Waals surface area contributed by atoms with Crippen molar-refractivity contribution in [2.75, 3.05) is 31.1 Å². The van der Waals surface area contributed by atoms with E-state index in [1.807, 2.05) is 18.2 Å². The highest BCUT2D eigenvalue weighted by Gasteiger charge is 2.26. The molecule has 0 saturated carbocycles. The van der Waals surface area contributed by atoms with Crippen LogP contribution in [-0.4, -0.2) is 55.3 Å². The van der Waals surface area contributed by atoms with E-state index in [0.29, 0.717) is 26.2 Å². The predicted octanol–water partition coefficient (Wildman–Crippen LogP) is 2.81. The first kappa shape index (κ1) is 18.4. The van der Waals surface area contributed by atoms with Crippen molar-refractivity contribution in [1.82, 2.24) is 9.47 Å². The molecule has 2 aromatic carbocycles. The molecule has 7 nitrogen and oxygen atoms in total. The molecular formula is C20H21N3O4S. The van der Waals surface area contributed by atoms with Crippen LogP contribution >= 0.6 is 0 Å². The van der Waals surface area contributed by atoms with Gasteiger partial charge in [-0.1, -0.05) is 30.3 Å². The van der Waals surface area contributed by atoms with Gasteiger partial charge in [-0.25, -0.2) is 13.2 Å². The van der Waals surface area contributed by atoms with Gasteiger partial charge in [0.15, 0.2) is 0 Å². The van der Waals surface area contributed by atoms with Crippen molar-refractivity contribution in [2.45, 2.75) is 9.92 Å². The van der Waals surface area contributed by atoms with Gasteiger partial charge in [-0.05, 0) is 24.3 Å². The molecule has 0 spiro atoms. The van der Waals surface area contributed by atoms with Gasteiger partial charge in [0.1, 0.15) is 5.03 Å².